The molecule has 8 heteroatoms. The number of methoxy groups -OCH3 is 1. The number of ether oxygens (including phenoxy) is 1. The zero-order valence-corrected chi connectivity index (χ0v) is 20.3. The predicted molar refractivity (Wildman–Crippen MR) is 128 cm³/mol. The van der Waals surface area contributed by atoms with E-state index in [1.807, 2.05) is 42.5 Å². The Kier molecular flexibility index (Phi) is 6.45. The Hall–Kier alpha value is -0.170. The first kappa shape index (κ1) is 19.6. The number of thioether (sulfide) groups is 1. The van der Waals surface area contributed by atoms with Crippen LogP contribution in [0.25, 0.3) is 6.08 Å². The molecule has 0 radical (unpaired) electrons. The standard InChI is InChI=1S/C17H10BrI2NO2S2/c1-23-15-9(6-11(19)8-13(15)20)7-14-16(22)21(17(24)25-14)12-4-2-10(18)3-5-12/h2-8H,1H3/b14-7+. The molecule has 0 unspecified atom stereocenters. The molecule has 0 bridgehead atoms. The molecule has 1 aliphatic heterocycles. The third kappa shape index (κ3) is 4.23. The number of halogens is 3. The van der Waals surface area contributed by atoms with Crippen molar-refractivity contribution in [3.63, 3.8) is 0 Å². The summed E-state index contributed by atoms with van der Waals surface area (Å²) in [5, 5.41) is 0. The lowest BCUT2D eigenvalue weighted by Gasteiger charge is -2.14. The number of thiocarbonyl (C=S) groups is 1. The van der Waals surface area contributed by atoms with Gasteiger partial charge in [0.2, 0.25) is 0 Å². The Bertz CT molecular complexity index is 900. The molecule has 0 spiro atoms. The van der Waals surface area contributed by atoms with E-state index in [2.05, 4.69) is 61.1 Å². The van der Waals surface area contributed by atoms with Gasteiger partial charge in [-0.3, -0.25) is 9.69 Å². The molecule has 2 aromatic carbocycles. The molecule has 3 rings (SSSR count). The molecule has 0 aliphatic carbocycles. The highest BCUT2D eigenvalue weighted by Gasteiger charge is 2.33. The molecule has 0 saturated carbocycles. The van der Waals surface area contributed by atoms with Crippen molar-refractivity contribution >= 4 is 107 Å². The summed E-state index contributed by atoms with van der Waals surface area (Å²) >= 11 is 14.6. The smallest absolute Gasteiger partial charge is 0.270 e. The molecule has 1 fully saturated rings. The number of carbonyl (C=O) groups is 1. The summed E-state index contributed by atoms with van der Waals surface area (Å²) in [6.07, 6.45) is 1.85. The maximum atomic E-state index is 12.9. The summed E-state index contributed by atoms with van der Waals surface area (Å²) in [4.78, 5) is 15.0. The van der Waals surface area contributed by atoms with Gasteiger partial charge in [0.15, 0.2) is 4.32 Å². The summed E-state index contributed by atoms with van der Waals surface area (Å²) in [5.74, 6) is 0.642. The average molecular weight is 658 g/mol. The van der Waals surface area contributed by atoms with Crippen LogP contribution in [-0.4, -0.2) is 17.3 Å². The first-order chi connectivity index (χ1) is 11.9. The number of carbonyl (C=O) groups excluding carboxylic acids is 1. The number of anilines is 1. The SMILES string of the molecule is COc1c(I)cc(I)cc1/C=C1/SC(=S)N(c2ccc(Br)cc2)C1=O. The highest BCUT2D eigenvalue weighted by molar-refractivity contribution is 14.1. The molecule has 1 saturated heterocycles. The summed E-state index contributed by atoms with van der Waals surface area (Å²) in [6.45, 7) is 0. The fourth-order valence-electron chi connectivity index (χ4n) is 2.32. The van der Waals surface area contributed by atoms with Crippen LogP contribution >= 0.6 is 85.1 Å². The first-order valence-electron chi connectivity index (χ1n) is 6.97. The molecule has 1 aliphatic rings. The zero-order chi connectivity index (χ0) is 18.1. The van der Waals surface area contributed by atoms with Gasteiger partial charge in [-0.25, -0.2) is 0 Å². The van der Waals surface area contributed by atoms with Crippen molar-refractivity contribution in [2.75, 3.05) is 12.0 Å². The van der Waals surface area contributed by atoms with Crippen LogP contribution in [0.15, 0.2) is 45.8 Å². The number of rotatable bonds is 3. The van der Waals surface area contributed by atoms with Crippen LogP contribution in [0.3, 0.4) is 0 Å². The van der Waals surface area contributed by atoms with Crippen LogP contribution in [0.1, 0.15) is 5.56 Å². The van der Waals surface area contributed by atoms with Gasteiger partial charge in [0, 0.05) is 13.6 Å². The molecule has 0 aromatic heterocycles. The number of benzene rings is 2. The Morgan fingerprint density at radius 2 is 1.92 bits per heavy atom. The van der Waals surface area contributed by atoms with Crippen LogP contribution < -0.4 is 9.64 Å². The quantitative estimate of drug-likeness (QED) is 0.228. The van der Waals surface area contributed by atoms with Crippen molar-refractivity contribution in [1.29, 1.82) is 0 Å². The van der Waals surface area contributed by atoms with Gasteiger partial charge in [-0.1, -0.05) is 39.9 Å². The van der Waals surface area contributed by atoms with E-state index in [1.165, 1.54) is 11.8 Å². The lowest BCUT2D eigenvalue weighted by molar-refractivity contribution is -0.113. The van der Waals surface area contributed by atoms with Crippen molar-refractivity contribution in [1.82, 2.24) is 0 Å². The monoisotopic (exact) mass is 657 g/mol. The molecular weight excluding hydrogens is 648 g/mol. The van der Waals surface area contributed by atoms with E-state index in [9.17, 15) is 4.79 Å². The highest BCUT2D eigenvalue weighted by atomic mass is 127. The summed E-state index contributed by atoms with van der Waals surface area (Å²) in [7, 11) is 1.63. The van der Waals surface area contributed by atoms with E-state index >= 15 is 0 Å². The summed E-state index contributed by atoms with van der Waals surface area (Å²) in [6, 6.07) is 11.5. The van der Waals surface area contributed by atoms with E-state index in [1.54, 1.807) is 12.0 Å². The molecule has 2 aromatic rings. The van der Waals surface area contributed by atoms with Crippen molar-refractivity contribution in [2.45, 2.75) is 0 Å². The van der Waals surface area contributed by atoms with Crippen molar-refractivity contribution in [3.05, 3.63) is 58.5 Å². The van der Waals surface area contributed by atoms with E-state index in [-0.39, 0.29) is 5.91 Å². The second kappa shape index (κ2) is 8.24. The maximum absolute atomic E-state index is 12.9. The summed E-state index contributed by atoms with van der Waals surface area (Å²) < 4.78 is 9.06. The number of amides is 1. The minimum absolute atomic E-state index is 0.117. The largest absolute Gasteiger partial charge is 0.495 e. The second-order valence-electron chi connectivity index (χ2n) is 5.00. The van der Waals surface area contributed by atoms with Crippen molar-refractivity contribution < 1.29 is 9.53 Å². The Morgan fingerprint density at radius 1 is 1.24 bits per heavy atom. The first-order valence-corrected chi connectivity index (χ1v) is 11.1. The van der Waals surface area contributed by atoms with Crippen LogP contribution in [-0.2, 0) is 4.79 Å². The molecule has 3 nitrogen and oxygen atoms in total. The van der Waals surface area contributed by atoms with Gasteiger partial charge in [-0.15, -0.1) is 0 Å². The number of hydrogen-bond acceptors (Lipinski definition) is 4. The lowest BCUT2D eigenvalue weighted by atomic mass is 10.2. The normalized spacial score (nSPS) is 16.0. The van der Waals surface area contributed by atoms with Gasteiger partial charge in [0.1, 0.15) is 5.75 Å². The topological polar surface area (TPSA) is 29.5 Å². The minimum atomic E-state index is -0.117. The van der Waals surface area contributed by atoms with Crippen LogP contribution in [0.4, 0.5) is 5.69 Å². The molecule has 128 valence electrons. The third-order valence-corrected chi connectivity index (χ3v) is 6.66. The van der Waals surface area contributed by atoms with Gasteiger partial charge in [0.05, 0.1) is 21.3 Å². The Morgan fingerprint density at radius 3 is 2.56 bits per heavy atom. The fourth-order valence-corrected chi connectivity index (χ4v) is 5.99. The number of nitrogens with zero attached hydrogens (tertiary/aromatic N) is 1. The number of hydrogen-bond donors (Lipinski definition) is 0. The molecule has 1 amide bonds. The third-order valence-electron chi connectivity index (χ3n) is 3.41. The van der Waals surface area contributed by atoms with Gasteiger partial charge in [-0.05, 0) is 87.7 Å². The zero-order valence-electron chi connectivity index (χ0n) is 12.8. The second-order valence-corrected chi connectivity index (χ2v) is 10.0. The van der Waals surface area contributed by atoms with Crippen molar-refractivity contribution in [3.8, 4) is 5.75 Å². The van der Waals surface area contributed by atoms with Crippen LogP contribution in [0.2, 0.25) is 0 Å². The van der Waals surface area contributed by atoms with Gasteiger partial charge < -0.3 is 4.74 Å². The van der Waals surface area contributed by atoms with Crippen molar-refractivity contribution in [2.24, 2.45) is 0 Å². The van der Waals surface area contributed by atoms with Crippen LogP contribution in [0.5, 0.6) is 5.75 Å². The van der Waals surface area contributed by atoms with E-state index < -0.39 is 0 Å². The van der Waals surface area contributed by atoms with E-state index in [4.69, 9.17) is 17.0 Å². The van der Waals surface area contributed by atoms with Crippen LogP contribution in [0, 0.1) is 7.14 Å². The molecule has 0 N–H and O–H groups in total. The predicted octanol–water partition coefficient (Wildman–Crippen LogP) is 6.07. The molecule has 25 heavy (non-hydrogen) atoms. The van der Waals surface area contributed by atoms with Gasteiger partial charge >= 0.3 is 0 Å². The Labute approximate surface area is 191 Å². The fraction of sp³-hybridized carbons (Fsp3) is 0.0588. The van der Waals surface area contributed by atoms with E-state index in [0.717, 1.165) is 28.6 Å². The van der Waals surface area contributed by atoms with Gasteiger partial charge in [-0.2, -0.15) is 0 Å². The maximum Gasteiger partial charge on any atom is 0.270 e. The minimum Gasteiger partial charge on any atom is -0.495 e. The van der Waals surface area contributed by atoms with E-state index in [0.29, 0.717) is 9.23 Å². The molecule has 1 heterocycles. The average Bonchev–Trinajstić information content (AvgIpc) is 2.82. The Balaban J connectivity index is 2.00. The summed E-state index contributed by atoms with van der Waals surface area (Å²) in [5.41, 5.74) is 1.63. The lowest BCUT2D eigenvalue weighted by Crippen LogP contribution is -2.27. The highest BCUT2D eigenvalue weighted by Crippen LogP contribution is 2.38. The molecule has 0 atom stereocenters. The van der Waals surface area contributed by atoms with Gasteiger partial charge in [0.25, 0.3) is 5.91 Å². The molecular formula is C17H10BrI2NO2S2.